The number of nitrogens with one attached hydrogen (secondary N) is 1. The van der Waals surface area contributed by atoms with E-state index in [1.54, 1.807) is 6.08 Å². The van der Waals surface area contributed by atoms with Crippen molar-refractivity contribution >= 4 is 5.91 Å². The van der Waals surface area contributed by atoms with Crippen molar-refractivity contribution in [3.05, 3.63) is 12.7 Å². The lowest BCUT2D eigenvalue weighted by molar-refractivity contribution is -0.129. The van der Waals surface area contributed by atoms with Crippen LogP contribution in [0.5, 0.6) is 0 Å². The number of hydrogen-bond donors (Lipinski definition) is 1. The van der Waals surface area contributed by atoms with Crippen LogP contribution in [0.1, 0.15) is 39.0 Å². The molecule has 1 rings (SSSR count). The maximum atomic E-state index is 11.9. The van der Waals surface area contributed by atoms with Gasteiger partial charge in [0.25, 0.3) is 0 Å². The lowest BCUT2D eigenvalue weighted by Gasteiger charge is -2.21. The summed E-state index contributed by atoms with van der Waals surface area (Å²) in [4.78, 5) is 13.8. The van der Waals surface area contributed by atoms with Crippen molar-refractivity contribution in [3.63, 3.8) is 0 Å². The van der Waals surface area contributed by atoms with E-state index in [2.05, 4.69) is 18.8 Å². The Morgan fingerprint density at radius 3 is 2.75 bits per heavy atom. The molecule has 1 fully saturated rings. The molecular formula is C13H24N2O. The molecule has 0 unspecified atom stereocenters. The van der Waals surface area contributed by atoms with Crippen molar-refractivity contribution in [2.75, 3.05) is 19.6 Å². The van der Waals surface area contributed by atoms with Crippen molar-refractivity contribution in [3.8, 4) is 0 Å². The zero-order valence-electron chi connectivity index (χ0n) is 10.4. The monoisotopic (exact) mass is 224 g/mol. The Hall–Kier alpha value is -0.830. The van der Waals surface area contributed by atoms with Gasteiger partial charge >= 0.3 is 0 Å². The van der Waals surface area contributed by atoms with Crippen molar-refractivity contribution in [2.45, 2.75) is 45.1 Å². The van der Waals surface area contributed by atoms with Crippen molar-refractivity contribution in [2.24, 2.45) is 0 Å². The average Bonchev–Trinajstić information content (AvgIpc) is 2.78. The Balaban J connectivity index is 2.26. The van der Waals surface area contributed by atoms with Crippen LogP contribution in [0.4, 0.5) is 0 Å². The van der Waals surface area contributed by atoms with E-state index in [-0.39, 0.29) is 5.91 Å². The number of hydrogen-bond acceptors (Lipinski definition) is 2. The van der Waals surface area contributed by atoms with E-state index >= 15 is 0 Å². The highest BCUT2D eigenvalue weighted by Gasteiger charge is 2.17. The molecule has 0 atom stereocenters. The van der Waals surface area contributed by atoms with Gasteiger partial charge in [-0.15, -0.1) is 6.58 Å². The molecule has 1 N–H and O–H groups in total. The molecule has 1 aliphatic carbocycles. The van der Waals surface area contributed by atoms with Crippen LogP contribution in [-0.4, -0.2) is 36.5 Å². The van der Waals surface area contributed by atoms with Gasteiger partial charge < -0.3 is 10.2 Å². The number of carbonyl (C=O) groups excluding carboxylic acids is 1. The van der Waals surface area contributed by atoms with Gasteiger partial charge in [0.2, 0.25) is 5.91 Å². The second-order valence-electron chi connectivity index (χ2n) is 4.49. The zero-order valence-corrected chi connectivity index (χ0v) is 10.4. The SMILES string of the molecule is C=CCN(CCC)C(=O)CNC1CCCC1. The van der Waals surface area contributed by atoms with Gasteiger partial charge in [-0.2, -0.15) is 0 Å². The molecule has 3 heteroatoms. The van der Waals surface area contributed by atoms with Gasteiger partial charge in [-0.3, -0.25) is 4.79 Å². The van der Waals surface area contributed by atoms with Crippen molar-refractivity contribution in [1.82, 2.24) is 10.2 Å². The number of carbonyl (C=O) groups is 1. The molecule has 0 aromatic carbocycles. The van der Waals surface area contributed by atoms with Crippen molar-refractivity contribution < 1.29 is 4.79 Å². The predicted octanol–water partition coefficient (Wildman–Crippen LogP) is 1.94. The van der Waals surface area contributed by atoms with Crippen LogP contribution < -0.4 is 5.32 Å². The van der Waals surface area contributed by atoms with Crippen LogP contribution in [0.2, 0.25) is 0 Å². The first-order chi connectivity index (χ1) is 7.77. The molecule has 1 aliphatic rings. The molecule has 16 heavy (non-hydrogen) atoms. The molecule has 0 aromatic heterocycles. The first-order valence-corrected chi connectivity index (χ1v) is 6.40. The highest BCUT2D eigenvalue weighted by molar-refractivity contribution is 5.78. The smallest absolute Gasteiger partial charge is 0.236 e. The summed E-state index contributed by atoms with van der Waals surface area (Å²) in [7, 11) is 0. The van der Waals surface area contributed by atoms with Crippen LogP contribution in [-0.2, 0) is 4.79 Å². The maximum Gasteiger partial charge on any atom is 0.236 e. The van der Waals surface area contributed by atoms with E-state index in [1.165, 1.54) is 25.7 Å². The first kappa shape index (κ1) is 13.2. The summed E-state index contributed by atoms with van der Waals surface area (Å²) in [6.45, 7) is 7.76. The fraction of sp³-hybridized carbons (Fsp3) is 0.769. The van der Waals surface area contributed by atoms with Crippen LogP contribution in [0, 0.1) is 0 Å². The second-order valence-corrected chi connectivity index (χ2v) is 4.49. The molecule has 0 bridgehead atoms. The normalized spacial score (nSPS) is 16.3. The van der Waals surface area contributed by atoms with Crippen LogP contribution in [0.3, 0.4) is 0 Å². The topological polar surface area (TPSA) is 32.3 Å². The third kappa shape index (κ3) is 4.35. The Kier molecular flexibility index (Phi) is 6.16. The predicted molar refractivity (Wildman–Crippen MR) is 67.3 cm³/mol. The molecule has 3 nitrogen and oxygen atoms in total. The standard InChI is InChI=1S/C13H24N2O/c1-3-9-15(10-4-2)13(16)11-14-12-7-5-6-8-12/h3,12,14H,1,4-11H2,2H3. The number of amides is 1. The van der Waals surface area contributed by atoms with E-state index in [4.69, 9.17) is 0 Å². The Bertz CT molecular complexity index is 222. The molecule has 0 saturated heterocycles. The van der Waals surface area contributed by atoms with Crippen molar-refractivity contribution in [1.29, 1.82) is 0 Å². The molecular weight excluding hydrogens is 200 g/mol. The summed E-state index contributed by atoms with van der Waals surface area (Å²) in [6.07, 6.45) is 7.85. The van der Waals surface area contributed by atoms with E-state index in [0.29, 0.717) is 19.1 Å². The minimum atomic E-state index is 0.202. The van der Waals surface area contributed by atoms with Gasteiger partial charge in [0.1, 0.15) is 0 Å². The summed E-state index contributed by atoms with van der Waals surface area (Å²) < 4.78 is 0. The van der Waals surface area contributed by atoms with Gasteiger partial charge in [-0.05, 0) is 19.3 Å². The Morgan fingerprint density at radius 2 is 2.19 bits per heavy atom. The molecule has 92 valence electrons. The van der Waals surface area contributed by atoms with E-state index in [9.17, 15) is 4.79 Å². The van der Waals surface area contributed by atoms with Crippen LogP contribution >= 0.6 is 0 Å². The highest BCUT2D eigenvalue weighted by atomic mass is 16.2. The van der Waals surface area contributed by atoms with Gasteiger partial charge in [0.05, 0.1) is 6.54 Å². The fourth-order valence-corrected chi connectivity index (χ4v) is 2.22. The summed E-state index contributed by atoms with van der Waals surface area (Å²) in [5.41, 5.74) is 0. The molecule has 1 saturated carbocycles. The molecule has 0 aliphatic heterocycles. The van der Waals surface area contributed by atoms with E-state index in [0.717, 1.165) is 13.0 Å². The second kappa shape index (κ2) is 7.44. The summed E-state index contributed by atoms with van der Waals surface area (Å²) in [5.74, 6) is 0.202. The molecule has 0 spiro atoms. The third-order valence-corrected chi connectivity index (χ3v) is 3.09. The van der Waals surface area contributed by atoms with Gasteiger partial charge in [0.15, 0.2) is 0 Å². The minimum Gasteiger partial charge on any atom is -0.338 e. The summed E-state index contributed by atoms with van der Waals surface area (Å²) in [5, 5.41) is 3.35. The number of rotatable bonds is 7. The lowest BCUT2D eigenvalue weighted by Crippen LogP contribution is -2.41. The summed E-state index contributed by atoms with van der Waals surface area (Å²) >= 11 is 0. The molecule has 1 amide bonds. The zero-order chi connectivity index (χ0) is 11.8. The Morgan fingerprint density at radius 1 is 1.50 bits per heavy atom. The van der Waals surface area contributed by atoms with E-state index in [1.807, 2.05) is 4.90 Å². The maximum absolute atomic E-state index is 11.9. The largest absolute Gasteiger partial charge is 0.338 e. The quantitative estimate of drug-likeness (QED) is 0.670. The highest BCUT2D eigenvalue weighted by Crippen LogP contribution is 2.17. The molecule has 0 heterocycles. The molecule has 0 radical (unpaired) electrons. The van der Waals surface area contributed by atoms with Gasteiger partial charge in [-0.1, -0.05) is 25.8 Å². The van der Waals surface area contributed by atoms with E-state index < -0.39 is 0 Å². The summed E-state index contributed by atoms with van der Waals surface area (Å²) in [6, 6.07) is 0.566. The van der Waals surface area contributed by atoms with Crippen LogP contribution in [0.15, 0.2) is 12.7 Å². The van der Waals surface area contributed by atoms with Gasteiger partial charge in [-0.25, -0.2) is 0 Å². The Labute approximate surface area is 98.9 Å². The number of nitrogens with zero attached hydrogens (tertiary/aromatic N) is 1. The first-order valence-electron chi connectivity index (χ1n) is 6.40. The third-order valence-electron chi connectivity index (χ3n) is 3.09. The lowest BCUT2D eigenvalue weighted by atomic mass is 10.2. The fourth-order valence-electron chi connectivity index (χ4n) is 2.22. The minimum absolute atomic E-state index is 0.202. The average molecular weight is 224 g/mol. The van der Waals surface area contributed by atoms with Crippen LogP contribution in [0.25, 0.3) is 0 Å². The van der Waals surface area contributed by atoms with Gasteiger partial charge in [0, 0.05) is 19.1 Å². The molecule has 0 aromatic rings.